The average Bonchev–Trinajstić information content (AvgIpc) is 3.06. The van der Waals surface area contributed by atoms with Crippen molar-refractivity contribution < 1.29 is 13.7 Å². The monoisotopic (exact) mass is 420 g/mol. The summed E-state index contributed by atoms with van der Waals surface area (Å²) in [7, 11) is -2.25. The van der Waals surface area contributed by atoms with Crippen molar-refractivity contribution in [3.63, 3.8) is 0 Å². The van der Waals surface area contributed by atoms with E-state index < -0.39 is 9.71 Å². The number of fused-ring (bicyclic) bond motifs is 5. The second kappa shape index (κ2) is 8.96. The number of hydrogen-bond acceptors (Lipinski definition) is 4. The SMILES string of the molecule is C=S(C)(=O)NC1CCN2C[C@H](CC)Oc3ccccc3C3CCC(CC3)OCC12. The van der Waals surface area contributed by atoms with Crippen LogP contribution < -0.4 is 9.46 Å². The number of para-hydroxylation sites is 1. The predicted octanol–water partition coefficient (Wildman–Crippen LogP) is 3.19. The molecule has 4 atom stereocenters. The molecular weight excluding hydrogens is 384 g/mol. The molecule has 3 aliphatic heterocycles. The third kappa shape index (κ3) is 5.16. The normalized spacial score (nSPS) is 35.3. The summed E-state index contributed by atoms with van der Waals surface area (Å²) in [5.74, 6) is 5.44. The van der Waals surface area contributed by atoms with Crippen LogP contribution in [0.2, 0.25) is 0 Å². The van der Waals surface area contributed by atoms with Gasteiger partial charge >= 0.3 is 0 Å². The zero-order chi connectivity index (χ0) is 20.4. The highest BCUT2D eigenvalue weighted by Gasteiger charge is 2.37. The van der Waals surface area contributed by atoms with E-state index in [9.17, 15) is 4.21 Å². The van der Waals surface area contributed by atoms with Crippen LogP contribution in [0, 0.1) is 0 Å². The molecule has 1 aromatic rings. The summed E-state index contributed by atoms with van der Waals surface area (Å²) in [5, 5.41) is 0. The van der Waals surface area contributed by atoms with Gasteiger partial charge in [0.1, 0.15) is 11.9 Å². The summed E-state index contributed by atoms with van der Waals surface area (Å²) in [6.07, 6.45) is 8.59. The fourth-order valence-electron chi connectivity index (χ4n) is 5.21. The lowest BCUT2D eigenvalue weighted by molar-refractivity contribution is -0.00966. The minimum Gasteiger partial charge on any atom is -0.489 e. The first kappa shape index (κ1) is 21.2. The lowest BCUT2D eigenvalue weighted by Crippen LogP contribution is -2.49. The van der Waals surface area contributed by atoms with Crippen molar-refractivity contribution in [1.82, 2.24) is 9.62 Å². The van der Waals surface area contributed by atoms with Crippen LogP contribution in [0.1, 0.15) is 56.9 Å². The minimum atomic E-state index is -2.25. The van der Waals surface area contributed by atoms with Gasteiger partial charge in [0.2, 0.25) is 0 Å². The minimum absolute atomic E-state index is 0.140. The van der Waals surface area contributed by atoms with Crippen LogP contribution in [0.15, 0.2) is 24.3 Å². The molecule has 1 saturated carbocycles. The largest absolute Gasteiger partial charge is 0.489 e. The number of hydrogen-bond donors (Lipinski definition) is 1. The average molecular weight is 421 g/mol. The number of benzene rings is 1. The summed E-state index contributed by atoms with van der Waals surface area (Å²) in [6.45, 7) is 4.72. The fourth-order valence-corrected chi connectivity index (χ4v) is 6.13. The lowest BCUT2D eigenvalue weighted by Gasteiger charge is -2.33. The zero-order valence-electron chi connectivity index (χ0n) is 17.8. The van der Waals surface area contributed by atoms with Gasteiger partial charge in [0.25, 0.3) is 0 Å². The zero-order valence-corrected chi connectivity index (χ0v) is 18.7. The van der Waals surface area contributed by atoms with E-state index >= 15 is 0 Å². The molecule has 1 saturated heterocycles. The molecule has 2 fully saturated rings. The predicted molar refractivity (Wildman–Crippen MR) is 120 cm³/mol. The van der Waals surface area contributed by atoms with Crippen LogP contribution in [0.4, 0.5) is 0 Å². The third-order valence-electron chi connectivity index (χ3n) is 6.78. The number of nitrogens with zero attached hydrogens (tertiary/aromatic N) is 1. The quantitative estimate of drug-likeness (QED) is 0.763. The van der Waals surface area contributed by atoms with Crippen molar-refractivity contribution >= 4 is 15.6 Å². The number of ether oxygens (including phenoxy) is 2. The summed E-state index contributed by atoms with van der Waals surface area (Å²) in [4.78, 5) is 2.48. The Morgan fingerprint density at radius 1 is 1.21 bits per heavy atom. The molecule has 1 aliphatic carbocycles. The van der Waals surface area contributed by atoms with Crippen molar-refractivity contribution in [3.8, 4) is 5.75 Å². The Morgan fingerprint density at radius 2 is 1.97 bits per heavy atom. The van der Waals surface area contributed by atoms with Crippen molar-refractivity contribution in [2.45, 2.75) is 75.7 Å². The topological polar surface area (TPSA) is 50.8 Å². The van der Waals surface area contributed by atoms with Crippen LogP contribution in [0.3, 0.4) is 0 Å². The van der Waals surface area contributed by atoms with Gasteiger partial charge in [-0.1, -0.05) is 25.1 Å². The van der Waals surface area contributed by atoms with Crippen LogP contribution in [-0.4, -0.2) is 65.2 Å². The van der Waals surface area contributed by atoms with E-state index in [1.54, 1.807) is 6.26 Å². The van der Waals surface area contributed by atoms with Gasteiger partial charge in [0.05, 0.1) is 12.7 Å². The van der Waals surface area contributed by atoms with E-state index in [4.69, 9.17) is 9.47 Å². The maximum Gasteiger partial charge on any atom is 0.123 e. The van der Waals surface area contributed by atoms with Crippen molar-refractivity contribution in [2.24, 2.45) is 0 Å². The molecule has 1 aromatic carbocycles. The molecule has 162 valence electrons. The molecule has 4 aliphatic rings. The van der Waals surface area contributed by atoms with E-state index in [-0.39, 0.29) is 18.2 Å². The standard InChI is InChI=1S/C23H36N2O3S/c1-4-18-15-25-14-13-21(24-29(2,3)26)22(25)16-27-19-11-9-17(10-12-19)20-7-5-6-8-23(20)28-18/h5-8,17-19,21-22H,2,4,9-16H2,1,3H3,(H,24,26)/t17?,18-,19?,21?,22?,29?/m0/s1. The van der Waals surface area contributed by atoms with E-state index in [1.165, 1.54) is 5.56 Å². The Bertz CT molecular complexity index is 789. The van der Waals surface area contributed by atoms with Crippen LogP contribution in [0.5, 0.6) is 5.75 Å². The summed E-state index contributed by atoms with van der Waals surface area (Å²) < 4.78 is 28.6. The first-order valence-corrected chi connectivity index (χ1v) is 13.3. The molecule has 2 bridgehead atoms. The van der Waals surface area contributed by atoms with Gasteiger partial charge in [-0.25, -0.2) is 4.72 Å². The molecule has 3 unspecified atom stereocenters. The Labute approximate surface area is 176 Å². The molecule has 3 heterocycles. The summed E-state index contributed by atoms with van der Waals surface area (Å²) in [5.41, 5.74) is 1.36. The van der Waals surface area contributed by atoms with Gasteiger partial charge in [0.15, 0.2) is 0 Å². The van der Waals surface area contributed by atoms with E-state index in [2.05, 4.69) is 46.7 Å². The smallest absolute Gasteiger partial charge is 0.123 e. The van der Waals surface area contributed by atoms with E-state index in [1.807, 2.05) is 0 Å². The molecule has 5 rings (SSSR count). The Kier molecular flexibility index (Phi) is 6.54. The maximum atomic E-state index is 12.3. The molecule has 1 N–H and O–H groups in total. The van der Waals surface area contributed by atoms with Gasteiger partial charge < -0.3 is 9.47 Å². The van der Waals surface area contributed by atoms with Gasteiger partial charge in [-0.2, -0.15) is 0 Å². The van der Waals surface area contributed by atoms with Crippen molar-refractivity contribution in [2.75, 3.05) is 26.0 Å². The highest BCUT2D eigenvalue weighted by Crippen LogP contribution is 2.39. The molecular formula is C23H36N2O3S. The molecule has 0 radical (unpaired) electrons. The molecule has 29 heavy (non-hydrogen) atoms. The molecule has 0 spiro atoms. The van der Waals surface area contributed by atoms with Crippen LogP contribution >= 0.6 is 0 Å². The Morgan fingerprint density at radius 3 is 2.69 bits per heavy atom. The highest BCUT2D eigenvalue weighted by atomic mass is 32.2. The van der Waals surface area contributed by atoms with E-state index in [0.29, 0.717) is 18.6 Å². The van der Waals surface area contributed by atoms with Crippen molar-refractivity contribution in [1.29, 1.82) is 0 Å². The maximum absolute atomic E-state index is 12.3. The molecule has 0 amide bonds. The first-order valence-electron chi connectivity index (χ1n) is 11.1. The molecule has 5 nitrogen and oxygen atoms in total. The second-order valence-corrected chi connectivity index (χ2v) is 11.3. The first-order chi connectivity index (χ1) is 13.9. The lowest BCUT2D eigenvalue weighted by atomic mass is 9.82. The number of nitrogens with one attached hydrogen (secondary N) is 1. The van der Waals surface area contributed by atoms with Gasteiger partial charge in [-0.3, -0.25) is 9.11 Å². The Hall–Kier alpha value is -1.08. The second-order valence-electron chi connectivity index (χ2n) is 9.07. The fraction of sp³-hybridized carbons (Fsp3) is 0.696. The van der Waals surface area contributed by atoms with Gasteiger partial charge in [0, 0.05) is 41.1 Å². The third-order valence-corrected chi connectivity index (χ3v) is 7.59. The Balaban J connectivity index is 1.60. The molecule has 6 heteroatoms. The van der Waals surface area contributed by atoms with Crippen LogP contribution in [-0.2, 0) is 14.4 Å². The molecule has 0 aromatic heterocycles. The van der Waals surface area contributed by atoms with Crippen molar-refractivity contribution in [3.05, 3.63) is 29.8 Å². The van der Waals surface area contributed by atoms with E-state index in [0.717, 1.165) is 57.4 Å². The highest BCUT2D eigenvalue weighted by molar-refractivity contribution is 7.97. The van der Waals surface area contributed by atoms with Gasteiger partial charge in [-0.15, -0.1) is 0 Å². The summed E-state index contributed by atoms with van der Waals surface area (Å²) in [6, 6.07) is 8.97. The summed E-state index contributed by atoms with van der Waals surface area (Å²) >= 11 is 0. The number of rotatable bonds is 3. The van der Waals surface area contributed by atoms with Gasteiger partial charge in [-0.05, 0) is 61.9 Å². The van der Waals surface area contributed by atoms with Crippen LogP contribution in [0.25, 0.3) is 0 Å².